The second kappa shape index (κ2) is 4.65. The SMILES string of the molecule is CO[C@H]1O[C@@H]2O[C@@]3(C)CC[C@H]4[C@H](C)CC[C@@H]([C@H]1C)C24OO3. The summed E-state index contributed by atoms with van der Waals surface area (Å²) in [5.74, 6) is 0.953. The van der Waals surface area contributed by atoms with E-state index in [4.69, 9.17) is 24.0 Å². The van der Waals surface area contributed by atoms with E-state index in [9.17, 15) is 0 Å². The molecule has 4 saturated heterocycles. The molecule has 4 aliphatic heterocycles. The van der Waals surface area contributed by atoms with Crippen molar-refractivity contribution in [1.82, 2.24) is 0 Å². The van der Waals surface area contributed by atoms with Gasteiger partial charge in [0.15, 0.2) is 18.2 Å². The van der Waals surface area contributed by atoms with Crippen LogP contribution in [0.2, 0.25) is 0 Å². The smallest absolute Gasteiger partial charge is 0.201 e. The fourth-order valence-electron chi connectivity index (χ4n) is 5.14. The average Bonchev–Trinajstić information content (AvgIpc) is 2.69. The molecule has 0 radical (unpaired) electrons. The van der Waals surface area contributed by atoms with Crippen LogP contribution in [-0.4, -0.2) is 31.1 Å². The van der Waals surface area contributed by atoms with Crippen molar-refractivity contribution in [2.45, 2.75) is 70.4 Å². The van der Waals surface area contributed by atoms with Crippen LogP contribution in [0, 0.1) is 23.7 Å². The Balaban J connectivity index is 1.79. The summed E-state index contributed by atoms with van der Waals surface area (Å²) in [5.41, 5.74) is -0.470. The van der Waals surface area contributed by atoms with Crippen molar-refractivity contribution in [2.24, 2.45) is 23.7 Å². The van der Waals surface area contributed by atoms with Gasteiger partial charge in [0.1, 0.15) is 0 Å². The van der Waals surface area contributed by atoms with Gasteiger partial charge in [-0.25, -0.2) is 9.78 Å². The minimum absolute atomic E-state index is 0.230. The van der Waals surface area contributed by atoms with Crippen molar-refractivity contribution in [3.05, 3.63) is 0 Å². The Hall–Kier alpha value is -0.200. The van der Waals surface area contributed by atoms with Crippen LogP contribution in [0.15, 0.2) is 0 Å². The molecule has 2 bridgehead atoms. The van der Waals surface area contributed by atoms with Crippen molar-refractivity contribution in [3.8, 4) is 0 Å². The van der Waals surface area contributed by atoms with Crippen LogP contribution in [0.3, 0.4) is 0 Å². The Morgan fingerprint density at radius 2 is 1.86 bits per heavy atom. The molecule has 120 valence electrons. The van der Waals surface area contributed by atoms with Crippen LogP contribution in [0.5, 0.6) is 0 Å². The van der Waals surface area contributed by atoms with Crippen molar-refractivity contribution < 1.29 is 24.0 Å². The minimum atomic E-state index is -0.698. The van der Waals surface area contributed by atoms with Crippen molar-refractivity contribution in [3.63, 3.8) is 0 Å². The summed E-state index contributed by atoms with van der Waals surface area (Å²) >= 11 is 0. The Bertz CT molecular complexity index is 429. The number of methoxy groups -OCH3 is 1. The number of rotatable bonds is 1. The molecule has 0 aromatic carbocycles. The molecule has 5 heteroatoms. The lowest BCUT2D eigenvalue weighted by molar-refractivity contribution is -0.577. The largest absolute Gasteiger partial charge is 0.355 e. The van der Waals surface area contributed by atoms with Crippen molar-refractivity contribution in [2.75, 3.05) is 7.11 Å². The van der Waals surface area contributed by atoms with Gasteiger partial charge >= 0.3 is 0 Å². The van der Waals surface area contributed by atoms with Gasteiger partial charge < -0.3 is 14.2 Å². The molecule has 5 rings (SSSR count). The van der Waals surface area contributed by atoms with Crippen LogP contribution in [0.1, 0.15) is 46.5 Å². The molecule has 0 amide bonds. The van der Waals surface area contributed by atoms with Crippen LogP contribution >= 0.6 is 0 Å². The molecule has 4 heterocycles. The Morgan fingerprint density at radius 3 is 2.62 bits per heavy atom. The van der Waals surface area contributed by atoms with Gasteiger partial charge in [0.05, 0.1) is 0 Å². The molecule has 1 aliphatic carbocycles. The summed E-state index contributed by atoms with van der Waals surface area (Å²) in [6.07, 6.45) is 3.64. The third-order valence-electron chi connectivity index (χ3n) is 6.33. The maximum atomic E-state index is 6.21. The Labute approximate surface area is 126 Å². The van der Waals surface area contributed by atoms with E-state index in [-0.39, 0.29) is 12.2 Å². The molecular weight excluding hydrogens is 272 g/mol. The standard InChI is InChI=1S/C16H26O5/c1-9-5-6-12-10(2)13(17-4)18-14-16(12)11(9)7-8-15(3,19-14)20-21-16/h9-14H,5-8H2,1-4H3/t9-,10-,11+,12+,13+,14-,15-,16?/m1/s1. The van der Waals surface area contributed by atoms with E-state index in [2.05, 4.69) is 13.8 Å². The molecule has 1 spiro atoms. The van der Waals surface area contributed by atoms with Crippen LogP contribution in [-0.2, 0) is 24.0 Å². The molecule has 0 aromatic rings. The lowest BCUT2D eigenvalue weighted by Gasteiger charge is -2.60. The number of ether oxygens (including phenoxy) is 3. The molecule has 21 heavy (non-hydrogen) atoms. The summed E-state index contributed by atoms with van der Waals surface area (Å²) in [7, 11) is 1.70. The van der Waals surface area contributed by atoms with Gasteiger partial charge in [-0.1, -0.05) is 13.8 Å². The summed E-state index contributed by atoms with van der Waals surface area (Å²) in [6, 6.07) is 0. The van der Waals surface area contributed by atoms with E-state index in [1.165, 1.54) is 6.42 Å². The van der Waals surface area contributed by atoms with Gasteiger partial charge in [0.25, 0.3) is 0 Å². The summed E-state index contributed by atoms with van der Waals surface area (Å²) in [4.78, 5) is 11.8. The van der Waals surface area contributed by atoms with Crippen molar-refractivity contribution in [1.29, 1.82) is 0 Å². The van der Waals surface area contributed by atoms with Gasteiger partial charge in [-0.2, -0.15) is 0 Å². The lowest BCUT2D eigenvalue weighted by atomic mass is 9.58. The van der Waals surface area contributed by atoms with Crippen LogP contribution < -0.4 is 0 Å². The zero-order chi connectivity index (χ0) is 14.8. The maximum absolute atomic E-state index is 6.21. The number of hydrogen-bond acceptors (Lipinski definition) is 5. The van der Waals surface area contributed by atoms with E-state index in [1.807, 2.05) is 6.92 Å². The molecule has 0 N–H and O–H groups in total. The van der Waals surface area contributed by atoms with E-state index < -0.39 is 17.7 Å². The molecule has 1 saturated carbocycles. The van der Waals surface area contributed by atoms with E-state index in [0.29, 0.717) is 17.8 Å². The second-order valence-electron chi connectivity index (χ2n) is 7.51. The first kappa shape index (κ1) is 14.4. The fraction of sp³-hybridized carbons (Fsp3) is 1.00. The highest BCUT2D eigenvalue weighted by Crippen LogP contribution is 2.60. The Kier molecular flexibility index (Phi) is 3.19. The van der Waals surface area contributed by atoms with Gasteiger partial charge in [-0.3, -0.25) is 0 Å². The molecule has 0 aromatic heterocycles. The summed E-state index contributed by atoms with van der Waals surface area (Å²) < 4.78 is 17.9. The van der Waals surface area contributed by atoms with Gasteiger partial charge in [-0.15, -0.1) is 0 Å². The topological polar surface area (TPSA) is 46.2 Å². The maximum Gasteiger partial charge on any atom is 0.201 e. The van der Waals surface area contributed by atoms with Gasteiger partial charge in [0, 0.05) is 25.4 Å². The van der Waals surface area contributed by atoms with E-state index in [0.717, 1.165) is 19.3 Å². The zero-order valence-corrected chi connectivity index (χ0v) is 13.3. The van der Waals surface area contributed by atoms with E-state index >= 15 is 0 Å². The number of fused-ring (bicyclic) bond motifs is 2. The lowest BCUT2D eigenvalue weighted by Crippen LogP contribution is -2.70. The first-order chi connectivity index (χ1) is 10.00. The highest BCUT2D eigenvalue weighted by Gasteiger charge is 2.69. The predicted octanol–water partition coefficient (Wildman–Crippen LogP) is 2.84. The van der Waals surface area contributed by atoms with E-state index in [1.54, 1.807) is 7.11 Å². The third kappa shape index (κ3) is 1.81. The fourth-order valence-corrected chi connectivity index (χ4v) is 5.14. The zero-order valence-electron chi connectivity index (χ0n) is 13.3. The van der Waals surface area contributed by atoms with Gasteiger partial charge in [0.2, 0.25) is 5.79 Å². The average molecular weight is 298 g/mol. The quantitative estimate of drug-likeness (QED) is 0.697. The first-order valence-electron chi connectivity index (χ1n) is 8.23. The molecular formula is C16H26O5. The molecule has 8 atom stereocenters. The highest BCUT2D eigenvalue weighted by molar-refractivity contribution is 5.08. The van der Waals surface area contributed by atoms with Crippen LogP contribution in [0.25, 0.3) is 0 Å². The summed E-state index contributed by atoms with van der Waals surface area (Å²) in [6.45, 7) is 6.46. The predicted molar refractivity (Wildman–Crippen MR) is 73.8 cm³/mol. The third-order valence-corrected chi connectivity index (χ3v) is 6.33. The van der Waals surface area contributed by atoms with Crippen LogP contribution in [0.4, 0.5) is 0 Å². The second-order valence-corrected chi connectivity index (χ2v) is 7.51. The molecule has 5 aliphatic rings. The Morgan fingerprint density at radius 1 is 1.05 bits per heavy atom. The minimum Gasteiger partial charge on any atom is -0.355 e. The molecule has 1 unspecified atom stereocenters. The normalized spacial score (nSPS) is 59.4. The van der Waals surface area contributed by atoms with Crippen molar-refractivity contribution >= 4 is 0 Å². The molecule has 5 fully saturated rings. The molecule has 5 nitrogen and oxygen atoms in total. The summed E-state index contributed by atoms with van der Waals surface area (Å²) in [5, 5.41) is 0. The monoisotopic (exact) mass is 298 g/mol. The van der Waals surface area contributed by atoms with Gasteiger partial charge in [-0.05, 0) is 38.0 Å². The first-order valence-corrected chi connectivity index (χ1v) is 8.23. The number of hydrogen-bond donors (Lipinski definition) is 0. The highest BCUT2D eigenvalue weighted by atomic mass is 17.3.